The van der Waals surface area contributed by atoms with Gasteiger partial charge in [0.15, 0.2) is 0 Å². The summed E-state index contributed by atoms with van der Waals surface area (Å²) < 4.78 is 0. The lowest BCUT2D eigenvalue weighted by molar-refractivity contribution is -0.268. The van der Waals surface area contributed by atoms with Gasteiger partial charge in [-0.15, -0.1) is 5.75 Å². The van der Waals surface area contributed by atoms with Crippen molar-refractivity contribution in [2.24, 2.45) is 0 Å². The lowest BCUT2D eigenvalue weighted by atomic mass is 10.1. The number of amides is 1. The van der Waals surface area contributed by atoms with Crippen molar-refractivity contribution in [2.45, 2.75) is 6.92 Å². The number of aryl methyl sites for hydroxylation is 1. The smallest absolute Gasteiger partial charge is 0.352 e. The van der Waals surface area contributed by atoms with Crippen LogP contribution in [-0.4, -0.2) is 17.0 Å². The van der Waals surface area contributed by atoms with Gasteiger partial charge in [0.05, 0.1) is 0 Å². The number of nitrogens with one attached hydrogen (secondary N) is 1. The Morgan fingerprint density at radius 1 is 1.09 bits per heavy atom. The Labute approximate surface area is 127 Å². The Morgan fingerprint density at radius 3 is 2.32 bits per heavy atom. The summed E-state index contributed by atoms with van der Waals surface area (Å²) in [6, 6.07) is 12.5. The number of hydrogen-bond acceptors (Lipinski definition) is 3. The molecule has 0 saturated heterocycles. The minimum Gasteiger partial charge on any atom is -0.872 e. The van der Waals surface area contributed by atoms with E-state index in [0.717, 1.165) is 5.56 Å². The Morgan fingerprint density at radius 2 is 1.73 bits per heavy atom. The molecular weight excluding hydrogens is 282 g/mol. The molecule has 0 bridgehead atoms. The molecule has 0 heterocycles. The van der Waals surface area contributed by atoms with Crippen molar-refractivity contribution in [1.29, 1.82) is 0 Å². The molecule has 2 rings (SSSR count). The zero-order chi connectivity index (χ0) is 16.1. The molecule has 0 aliphatic heterocycles. The van der Waals surface area contributed by atoms with Crippen molar-refractivity contribution in [2.75, 3.05) is 0 Å². The van der Waals surface area contributed by atoms with E-state index < -0.39 is 11.9 Å². The SMILES string of the molecule is Cc1ccccc1C(=O)N/C(=C\c1ccc([O-])cc1)C(=O)O. The van der Waals surface area contributed by atoms with Crippen molar-refractivity contribution in [3.63, 3.8) is 0 Å². The number of hydrogen-bond donors (Lipinski definition) is 2. The van der Waals surface area contributed by atoms with Gasteiger partial charge in [0.1, 0.15) is 5.70 Å². The molecule has 0 fully saturated rings. The third-order valence-electron chi connectivity index (χ3n) is 3.06. The van der Waals surface area contributed by atoms with Crippen molar-refractivity contribution < 1.29 is 19.8 Å². The molecule has 0 atom stereocenters. The van der Waals surface area contributed by atoms with E-state index in [1.165, 1.54) is 30.3 Å². The molecule has 112 valence electrons. The average molecular weight is 296 g/mol. The monoisotopic (exact) mass is 296 g/mol. The van der Waals surface area contributed by atoms with E-state index in [1.54, 1.807) is 31.2 Å². The topological polar surface area (TPSA) is 89.5 Å². The van der Waals surface area contributed by atoms with Gasteiger partial charge in [-0.05, 0) is 30.2 Å². The number of aliphatic carboxylic acids is 1. The zero-order valence-corrected chi connectivity index (χ0v) is 11.9. The second kappa shape index (κ2) is 6.58. The van der Waals surface area contributed by atoms with Crippen LogP contribution < -0.4 is 10.4 Å². The van der Waals surface area contributed by atoms with Crippen LogP contribution in [0.25, 0.3) is 6.08 Å². The summed E-state index contributed by atoms with van der Waals surface area (Å²) >= 11 is 0. The average Bonchev–Trinajstić information content (AvgIpc) is 2.49. The number of carbonyl (C=O) groups is 2. The predicted octanol–water partition coefficient (Wildman–Crippen LogP) is 1.92. The first-order valence-corrected chi connectivity index (χ1v) is 6.56. The van der Waals surface area contributed by atoms with E-state index in [-0.39, 0.29) is 11.4 Å². The van der Waals surface area contributed by atoms with E-state index in [2.05, 4.69) is 5.32 Å². The highest BCUT2D eigenvalue weighted by Gasteiger charge is 2.14. The number of carboxylic acid groups (broad SMARTS) is 1. The summed E-state index contributed by atoms with van der Waals surface area (Å²) in [4.78, 5) is 23.4. The quantitative estimate of drug-likeness (QED) is 0.844. The fourth-order valence-corrected chi connectivity index (χ4v) is 1.90. The zero-order valence-electron chi connectivity index (χ0n) is 11.9. The van der Waals surface area contributed by atoms with Gasteiger partial charge in [0.2, 0.25) is 0 Å². The fourth-order valence-electron chi connectivity index (χ4n) is 1.90. The number of benzene rings is 2. The van der Waals surface area contributed by atoms with E-state index >= 15 is 0 Å². The summed E-state index contributed by atoms with van der Waals surface area (Å²) in [5, 5.41) is 22.6. The van der Waals surface area contributed by atoms with E-state index in [9.17, 15) is 19.8 Å². The van der Waals surface area contributed by atoms with Gasteiger partial charge in [-0.2, -0.15) is 0 Å². The van der Waals surface area contributed by atoms with Crippen LogP contribution in [0.1, 0.15) is 21.5 Å². The number of carboxylic acids is 1. The van der Waals surface area contributed by atoms with Crippen molar-refractivity contribution in [1.82, 2.24) is 5.32 Å². The molecule has 2 aromatic rings. The van der Waals surface area contributed by atoms with Crippen LogP contribution in [0.3, 0.4) is 0 Å². The highest BCUT2D eigenvalue weighted by atomic mass is 16.4. The van der Waals surface area contributed by atoms with E-state index in [1.807, 2.05) is 0 Å². The third kappa shape index (κ3) is 3.73. The molecule has 2 aromatic carbocycles. The van der Waals surface area contributed by atoms with Crippen LogP contribution in [0.2, 0.25) is 0 Å². The van der Waals surface area contributed by atoms with E-state index in [0.29, 0.717) is 11.1 Å². The maximum absolute atomic E-state index is 12.2. The van der Waals surface area contributed by atoms with Gasteiger partial charge in [-0.25, -0.2) is 4.79 Å². The molecule has 0 saturated carbocycles. The maximum Gasteiger partial charge on any atom is 0.352 e. The van der Waals surface area contributed by atoms with Crippen LogP contribution in [0.5, 0.6) is 5.75 Å². The van der Waals surface area contributed by atoms with Crippen LogP contribution in [-0.2, 0) is 4.79 Å². The maximum atomic E-state index is 12.2. The van der Waals surface area contributed by atoms with Crippen molar-refractivity contribution in [3.8, 4) is 5.75 Å². The Bertz CT molecular complexity index is 733. The molecule has 22 heavy (non-hydrogen) atoms. The first-order chi connectivity index (χ1) is 10.5. The minimum absolute atomic E-state index is 0.169. The van der Waals surface area contributed by atoms with Crippen LogP contribution in [0.4, 0.5) is 0 Å². The summed E-state index contributed by atoms with van der Waals surface area (Å²) in [5.74, 6) is -1.92. The molecule has 0 radical (unpaired) electrons. The standard InChI is InChI=1S/C17H15NO4/c1-11-4-2-3-5-14(11)16(20)18-15(17(21)22)10-12-6-8-13(19)9-7-12/h2-10,19H,1H3,(H,18,20)(H,21,22)/p-1/b15-10-. The second-order valence-corrected chi connectivity index (χ2v) is 4.70. The van der Waals surface area contributed by atoms with Gasteiger partial charge in [-0.1, -0.05) is 42.5 Å². The normalized spacial score (nSPS) is 11.0. The number of rotatable bonds is 4. The third-order valence-corrected chi connectivity index (χ3v) is 3.06. The summed E-state index contributed by atoms with van der Waals surface area (Å²) in [6.45, 7) is 1.77. The molecule has 0 spiro atoms. The largest absolute Gasteiger partial charge is 0.872 e. The van der Waals surface area contributed by atoms with Crippen LogP contribution >= 0.6 is 0 Å². The van der Waals surface area contributed by atoms with E-state index in [4.69, 9.17) is 0 Å². The summed E-state index contributed by atoms with van der Waals surface area (Å²) in [5.41, 5.74) is 1.42. The molecule has 2 N–H and O–H groups in total. The Balaban J connectivity index is 2.26. The molecule has 0 aliphatic rings. The highest BCUT2D eigenvalue weighted by molar-refractivity contribution is 6.03. The van der Waals surface area contributed by atoms with Gasteiger partial charge in [0.25, 0.3) is 5.91 Å². The predicted molar refractivity (Wildman–Crippen MR) is 80.1 cm³/mol. The van der Waals surface area contributed by atoms with Crippen LogP contribution in [0.15, 0.2) is 54.2 Å². The first-order valence-electron chi connectivity index (χ1n) is 6.56. The Kier molecular flexibility index (Phi) is 4.58. The fraction of sp³-hybridized carbons (Fsp3) is 0.0588. The van der Waals surface area contributed by atoms with Crippen molar-refractivity contribution >= 4 is 18.0 Å². The molecule has 1 amide bonds. The molecule has 5 nitrogen and oxygen atoms in total. The summed E-state index contributed by atoms with van der Waals surface area (Å²) in [6.07, 6.45) is 1.30. The lowest BCUT2D eigenvalue weighted by Gasteiger charge is -2.09. The van der Waals surface area contributed by atoms with Gasteiger partial charge in [-0.3, -0.25) is 4.79 Å². The second-order valence-electron chi connectivity index (χ2n) is 4.70. The van der Waals surface area contributed by atoms with Gasteiger partial charge in [0, 0.05) is 5.56 Å². The molecule has 0 unspecified atom stereocenters. The van der Waals surface area contributed by atoms with Gasteiger partial charge < -0.3 is 15.5 Å². The lowest BCUT2D eigenvalue weighted by Crippen LogP contribution is -2.27. The molecule has 0 aromatic heterocycles. The highest BCUT2D eigenvalue weighted by Crippen LogP contribution is 2.12. The first kappa shape index (κ1) is 15.3. The molecule has 0 aliphatic carbocycles. The van der Waals surface area contributed by atoms with Crippen LogP contribution in [0, 0.1) is 6.92 Å². The number of carbonyl (C=O) groups excluding carboxylic acids is 1. The molecular formula is C17H14NO4-. The summed E-state index contributed by atoms with van der Waals surface area (Å²) in [7, 11) is 0. The van der Waals surface area contributed by atoms with Crippen molar-refractivity contribution in [3.05, 3.63) is 70.9 Å². The van der Waals surface area contributed by atoms with Gasteiger partial charge >= 0.3 is 5.97 Å². The minimum atomic E-state index is -1.26. The Hall–Kier alpha value is -3.08. The molecule has 5 heteroatoms.